The Morgan fingerprint density at radius 3 is 2.88 bits per heavy atom. The van der Waals surface area contributed by atoms with Crippen molar-refractivity contribution < 1.29 is 4.79 Å². The topological polar surface area (TPSA) is 57.8 Å². The first-order valence-electron chi connectivity index (χ1n) is 9.30. The predicted octanol–water partition coefficient (Wildman–Crippen LogP) is 4.37. The Bertz CT molecular complexity index is 942. The zero-order valence-electron chi connectivity index (χ0n) is 15.0. The second-order valence-corrected chi connectivity index (χ2v) is 6.81. The summed E-state index contributed by atoms with van der Waals surface area (Å²) in [5.74, 6) is 0.00616. The maximum atomic E-state index is 12.0. The van der Waals surface area contributed by atoms with Crippen molar-refractivity contribution in [2.75, 3.05) is 6.54 Å². The summed E-state index contributed by atoms with van der Waals surface area (Å²) < 4.78 is 0. The third-order valence-electron chi connectivity index (χ3n) is 4.92. The predicted molar refractivity (Wildman–Crippen MR) is 104 cm³/mol. The first-order valence-corrected chi connectivity index (χ1v) is 9.30. The number of aryl methyl sites for hydroxylation is 1. The molecular weight excluding hydrogens is 322 g/mol. The number of hydrogen-bond donors (Lipinski definition) is 2. The molecule has 2 N–H and O–H groups in total. The van der Waals surface area contributed by atoms with E-state index >= 15 is 0 Å². The number of amides is 1. The number of aromatic nitrogens is 2. The highest BCUT2D eigenvalue weighted by atomic mass is 16.1. The van der Waals surface area contributed by atoms with Gasteiger partial charge in [-0.1, -0.05) is 31.5 Å². The van der Waals surface area contributed by atoms with Crippen LogP contribution in [-0.4, -0.2) is 22.4 Å². The van der Waals surface area contributed by atoms with Crippen molar-refractivity contribution in [3.8, 4) is 22.5 Å². The Hall–Kier alpha value is -2.88. The van der Waals surface area contributed by atoms with Crippen LogP contribution in [0.3, 0.4) is 0 Å². The van der Waals surface area contributed by atoms with Crippen molar-refractivity contribution in [2.45, 2.75) is 32.6 Å². The molecule has 4 nitrogen and oxygen atoms in total. The number of unbranched alkanes of at least 4 members (excludes halogenated alkanes) is 1. The zero-order valence-corrected chi connectivity index (χ0v) is 15.0. The van der Waals surface area contributed by atoms with E-state index in [0.717, 1.165) is 46.6 Å². The molecule has 1 aliphatic heterocycles. The van der Waals surface area contributed by atoms with Crippen molar-refractivity contribution in [3.05, 3.63) is 65.5 Å². The lowest BCUT2D eigenvalue weighted by molar-refractivity contribution is 0.0946. The number of hydrogen-bond acceptors (Lipinski definition) is 2. The van der Waals surface area contributed by atoms with Gasteiger partial charge in [0.2, 0.25) is 0 Å². The fraction of sp³-hybridized carbons (Fsp3) is 0.273. The van der Waals surface area contributed by atoms with E-state index in [0.29, 0.717) is 6.54 Å². The normalized spacial score (nSPS) is 13.3. The number of H-pyrrole nitrogens is 1. The molecule has 0 atom stereocenters. The van der Waals surface area contributed by atoms with Crippen molar-refractivity contribution in [1.29, 1.82) is 0 Å². The van der Waals surface area contributed by atoms with E-state index in [9.17, 15) is 4.79 Å². The second-order valence-electron chi connectivity index (χ2n) is 6.81. The molecule has 0 radical (unpaired) electrons. The molecule has 0 saturated heterocycles. The molecule has 4 heteroatoms. The summed E-state index contributed by atoms with van der Waals surface area (Å²) in [5, 5.41) is 2.89. The highest BCUT2D eigenvalue weighted by molar-refractivity contribution is 5.97. The zero-order chi connectivity index (χ0) is 17.9. The van der Waals surface area contributed by atoms with E-state index in [1.165, 1.54) is 18.4 Å². The molecule has 0 aliphatic carbocycles. The Labute approximate surface area is 153 Å². The minimum absolute atomic E-state index is 0.00616. The lowest BCUT2D eigenvalue weighted by Crippen LogP contribution is -2.31. The van der Waals surface area contributed by atoms with E-state index in [1.807, 2.05) is 18.3 Å². The number of nitrogens with zero attached hydrogens (tertiary/aromatic N) is 1. The van der Waals surface area contributed by atoms with Gasteiger partial charge in [0, 0.05) is 41.7 Å². The van der Waals surface area contributed by atoms with Gasteiger partial charge >= 0.3 is 0 Å². The van der Waals surface area contributed by atoms with Gasteiger partial charge in [0.25, 0.3) is 5.91 Å². The largest absolute Gasteiger partial charge is 0.358 e. The highest BCUT2D eigenvalue weighted by Gasteiger charge is 2.20. The third-order valence-corrected chi connectivity index (χ3v) is 4.92. The van der Waals surface area contributed by atoms with Crippen LogP contribution in [0.2, 0.25) is 0 Å². The molecule has 0 spiro atoms. The average molecular weight is 345 g/mol. The van der Waals surface area contributed by atoms with Gasteiger partial charge in [0.05, 0.1) is 11.3 Å². The van der Waals surface area contributed by atoms with Crippen molar-refractivity contribution in [1.82, 2.24) is 15.3 Å². The fourth-order valence-corrected chi connectivity index (χ4v) is 3.47. The van der Waals surface area contributed by atoms with Gasteiger partial charge in [-0.25, -0.2) is 0 Å². The molecule has 3 heterocycles. The summed E-state index contributed by atoms with van der Waals surface area (Å²) in [6.45, 7) is 2.91. The summed E-state index contributed by atoms with van der Waals surface area (Å²) in [4.78, 5) is 20.0. The number of carbonyl (C=O) groups is 1. The number of benzene rings is 1. The first kappa shape index (κ1) is 16.6. The number of fused-ring (bicyclic) bond motifs is 1. The summed E-state index contributed by atoms with van der Waals surface area (Å²) in [6.07, 6.45) is 6.18. The standard InChI is InChI=1S/C22H23N3O/c1-2-3-5-15-6-4-7-16(12-15)20-13-17(8-10-23-20)21-14-18-19(25-21)9-11-24-22(18)26/h4,6-8,10,12-14,25H,2-3,5,9,11H2,1H3,(H,24,26). The maximum absolute atomic E-state index is 12.0. The Balaban J connectivity index is 1.66. The molecule has 1 amide bonds. The molecule has 4 rings (SSSR count). The lowest BCUT2D eigenvalue weighted by Gasteiger charge is -2.11. The number of nitrogens with one attached hydrogen (secondary N) is 2. The van der Waals surface area contributed by atoms with Crippen LogP contribution < -0.4 is 5.32 Å². The molecule has 0 unspecified atom stereocenters. The molecule has 3 aromatic rings. The van der Waals surface area contributed by atoms with E-state index in [2.05, 4.69) is 52.5 Å². The van der Waals surface area contributed by atoms with Crippen molar-refractivity contribution in [2.24, 2.45) is 0 Å². The summed E-state index contributed by atoms with van der Waals surface area (Å²) in [5.41, 5.74) is 7.24. The van der Waals surface area contributed by atoms with Crippen LogP contribution in [0, 0.1) is 0 Å². The molecule has 2 aromatic heterocycles. The van der Waals surface area contributed by atoms with Gasteiger partial charge in [0.15, 0.2) is 0 Å². The van der Waals surface area contributed by atoms with Crippen LogP contribution in [0.15, 0.2) is 48.7 Å². The molecule has 0 fully saturated rings. The van der Waals surface area contributed by atoms with E-state index < -0.39 is 0 Å². The van der Waals surface area contributed by atoms with Gasteiger partial charge in [-0.05, 0) is 42.7 Å². The second kappa shape index (κ2) is 7.16. The van der Waals surface area contributed by atoms with Crippen LogP contribution in [0.25, 0.3) is 22.5 Å². The number of pyridine rings is 1. The van der Waals surface area contributed by atoms with Crippen LogP contribution in [0.5, 0.6) is 0 Å². The molecule has 26 heavy (non-hydrogen) atoms. The van der Waals surface area contributed by atoms with E-state index in [1.54, 1.807) is 0 Å². The number of rotatable bonds is 5. The Morgan fingerprint density at radius 1 is 1.12 bits per heavy atom. The van der Waals surface area contributed by atoms with Gasteiger partial charge in [-0.3, -0.25) is 9.78 Å². The smallest absolute Gasteiger partial charge is 0.253 e. The fourth-order valence-electron chi connectivity index (χ4n) is 3.47. The molecule has 132 valence electrons. The Morgan fingerprint density at radius 2 is 2.04 bits per heavy atom. The molecule has 0 saturated carbocycles. The summed E-state index contributed by atoms with van der Waals surface area (Å²) >= 11 is 0. The molecule has 0 bridgehead atoms. The van der Waals surface area contributed by atoms with E-state index in [4.69, 9.17) is 0 Å². The summed E-state index contributed by atoms with van der Waals surface area (Å²) in [6, 6.07) is 14.6. The molecule has 1 aromatic carbocycles. The Kier molecular flexibility index (Phi) is 4.57. The number of aromatic amines is 1. The van der Waals surface area contributed by atoms with Gasteiger partial charge in [-0.15, -0.1) is 0 Å². The maximum Gasteiger partial charge on any atom is 0.253 e. The molecular formula is C22H23N3O. The van der Waals surface area contributed by atoms with E-state index in [-0.39, 0.29) is 5.91 Å². The lowest BCUT2D eigenvalue weighted by atomic mass is 10.0. The third kappa shape index (κ3) is 3.27. The number of carbonyl (C=O) groups excluding carboxylic acids is 1. The van der Waals surface area contributed by atoms with Crippen LogP contribution in [-0.2, 0) is 12.8 Å². The monoisotopic (exact) mass is 345 g/mol. The quantitative estimate of drug-likeness (QED) is 0.721. The van der Waals surface area contributed by atoms with Gasteiger partial charge in [-0.2, -0.15) is 0 Å². The van der Waals surface area contributed by atoms with Crippen LogP contribution in [0.4, 0.5) is 0 Å². The van der Waals surface area contributed by atoms with Crippen LogP contribution in [0.1, 0.15) is 41.4 Å². The minimum Gasteiger partial charge on any atom is -0.358 e. The SMILES string of the molecule is CCCCc1cccc(-c2cc(-c3cc4c([nH]3)CCNC4=O)ccn2)c1. The highest BCUT2D eigenvalue weighted by Crippen LogP contribution is 2.27. The summed E-state index contributed by atoms with van der Waals surface area (Å²) in [7, 11) is 0. The van der Waals surface area contributed by atoms with Gasteiger partial charge < -0.3 is 10.3 Å². The minimum atomic E-state index is 0.00616. The van der Waals surface area contributed by atoms with Crippen molar-refractivity contribution >= 4 is 5.91 Å². The van der Waals surface area contributed by atoms with Crippen molar-refractivity contribution in [3.63, 3.8) is 0 Å². The van der Waals surface area contributed by atoms with Crippen LogP contribution >= 0.6 is 0 Å². The average Bonchev–Trinajstić information content (AvgIpc) is 3.13. The first-order chi connectivity index (χ1) is 12.7. The van der Waals surface area contributed by atoms with Gasteiger partial charge in [0.1, 0.15) is 0 Å². The molecule has 1 aliphatic rings.